The van der Waals surface area contributed by atoms with Gasteiger partial charge < -0.3 is 21.9 Å². The summed E-state index contributed by atoms with van der Waals surface area (Å²) in [5.41, 5.74) is 0. The molecule has 0 bridgehead atoms. The van der Waals surface area contributed by atoms with Crippen molar-refractivity contribution in [3.8, 4) is 0 Å². The Hall–Kier alpha value is 0.561. The first-order valence-corrected chi connectivity index (χ1v) is 2.28. The molecule has 0 aromatic rings. The van der Waals surface area contributed by atoms with Crippen molar-refractivity contribution in [1.29, 1.82) is 0 Å². The summed E-state index contributed by atoms with van der Waals surface area (Å²) in [7, 11) is 0. The monoisotopic (exact) mass is 201 g/mol. The average molecular weight is 201 g/mol. The second-order valence-electron chi connectivity index (χ2n) is 1.57. The van der Waals surface area contributed by atoms with Crippen LogP contribution in [0.15, 0.2) is 0 Å². The minimum Gasteiger partial charge on any atom is -1.00 e. The van der Waals surface area contributed by atoms with E-state index in [1.165, 1.54) is 0 Å². The number of carboxylic acid groups (broad SMARTS) is 2. The van der Waals surface area contributed by atoms with Crippen LogP contribution < -0.4 is 51.4 Å². The third-order valence-corrected chi connectivity index (χ3v) is 0.805. The molecule has 12 heavy (non-hydrogen) atoms. The summed E-state index contributed by atoms with van der Waals surface area (Å²) in [5.74, 6) is -3.54. The Balaban J connectivity index is -0.000000135. The number of carbonyl (C=O) groups is 2. The molecule has 0 rings (SSSR count). The maximum atomic E-state index is 9.77. The summed E-state index contributed by atoms with van der Waals surface area (Å²) in [5, 5.41) is 32.5. The summed E-state index contributed by atoms with van der Waals surface area (Å²) in [6, 6.07) is 0. The third kappa shape index (κ3) is 6.12. The molecule has 0 heterocycles. The second-order valence-corrected chi connectivity index (χ2v) is 1.57. The number of hydrogen-bond acceptors (Lipinski definition) is 4. The molecular formula is C4H7BKO6. The first kappa shape index (κ1) is 18.4. The van der Waals surface area contributed by atoms with E-state index in [1.54, 1.807) is 0 Å². The second kappa shape index (κ2) is 8.17. The Morgan fingerprint density at radius 1 is 1.00 bits per heavy atom. The number of aliphatic carboxylic acids is 2. The molecule has 0 aliphatic rings. The average Bonchev–Trinajstić information content (AvgIpc) is 1.84. The fourth-order valence-electron chi connectivity index (χ4n) is 0.270. The number of aliphatic hydroxyl groups is 2. The van der Waals surface area contributed by atoms with Gasteiger partial charge in [0, 0.05) is 8.41 Å². The molecule has 0 aliphatic carbocycles. The fourth-order valence-corrected chi connectivity index (χ4v) is 0.270. The topological polar surface area (TPSA) is 115 Å². The summed E-state index contributed by atoms with van der Waals surface area (Å²) in [6.07, 6.45) is -4.53. The van der Waals surface area contributed by atoms with Crippen molar-refractivity contribution < 1.29 is 82.8 Å². The molecule has 3 radical (unpaired) electrons. The SMILES string of the molecule is O=C(O)C(O)C(O)C(=O)O.[B].[H-].[K+]. The molecule has 0 spiro atoms. The standard InChI is InChI=1S/C4H6O6.B.K.H/c5-1(3(7)8)2(6)4(9)10;;;/h1-2,5-6H,(H,7,8)(H,9,10);;;/q;;+1;-1. The normalized spacial score (nSPS) is 13.2. The van der Waals surface area contributed by atoms with Crippen LogP contribution in [0, 0.1) is 0 Å². The molecule has 0 aromatic heterocycles. The molecule has 4 N–H and O–H groups in total. The fraction of sp³-hybridized carbons (Fsp3) is 0.500. The van der Waals surface area contributed by atoms with Gasteiger partial charge in [-0.05, 0) is 0 Å². The van der Waals surface area contributed by atoms with Crippen LogP contribution >= 0.6 is 0 Å². The van der Waals surface area contributed by atoms with E-state index in [9.17, 15) is 9.59 Å². The van der Waals surface area contributed by atoms with Gasteiger partial charge in [0.1, 0.15) is 0 Å². The van der Waals surface area contributed by atoms with E-state index in [2.05, 4.69) is 0 Å². The summed E-state index contributed by atoms with van der Waals surface area (Å²) in [4.78, 5) is 19.5. The van der Waals surface area contributed by atoms with Crippen molar-refractivity contribution in [2.75, 3.05) is 0 Å². The Morgan fingerprint density at radius 3 is 1.25 bits per heavy atom. The van der Waals surface area contributed by atoms with E-state index in [4.69, 9.17) is 20.4 Å². The maximum absolute atomic E-state index is 9.77. The third-order valence-electron chi connectivity index (χ3n) is 0.805. The molecule has 63 valence electrons. The molecule has 6 nitrogen and oxygen atoms in total. The van der Waals surface area contributed by atoms with Crippen molar-refractivity contribution in [2.24, 2.45) is 0 Å². The number of hydrogen-bond donors (Lipinski definition) is 4. The molecule has 0 fully saturated rings. The van der Waals surface area contributed by atoms with Crippen molar-refractivity contribution in [3.63, 3.8) is 0 Å². The molecule has 8 heteroatoms. The van der Waals surface area contributed by atoms with Crippen LogP contribution in [0.4, 0.5) is 0 Å². The zero-order valence-corrected chi connectivity index (χ0v) is 9.46. The van der Waals surface area contributed by atoms with Gasteiger partial charge in [0.2, 0.25) is 0 Å². The Bertz CT molecular complexity index is 149. The van der Waals surface area contributed by atoms with Crippen LogP contribution in [-0.2, 0) is 9.59 Å². The Labute approximate surface area is 114 Å². The number of rotatable bonds is 3. The van der Waals surface area contributed by atoms with E-state index in [0.29, 0.717) is 0 Å². The summed E-state index contributed by atoms with van der Waals surface area (Å²) < 4.78 is 0. The quantitative estimate of drug-likeness (QED) is 0.339. The minimum atomic E-state index is -2.27. The van der Waals surface area contributed by atoms with Gasteiger partial charge >= 0.3 is 63.3 Å². The predicted molar refractivity (Wildman–Crippen MR) is 34.2 cm³/mol. The zero-order valence-electron chi connectivity index (χ0n) is 7.34. The van der Waals surface area contributed by atoms with Crippen molar-refractivity contribution in [3.05, 3.63) is 0 Å². The zero-order chi connectivity index (χ0) is 8.31. The molecule has 2 unspecified atom stereocenters. The van der Waals surface area contributed by atoms with E-state index >= 15 is 0 Å². The molecule has 0 amide bonds. The number of aliphatic hydroxyl groups excluding tert-OH is 2. The van der Waals surface area contributed by atoms with Crippen LogP contribution in [0.1, 0.15) is 1.43 Å². The molecule has 0 aromatic carbocycles. The molecule has 0 saturated carbocycles. The first-order chi connectivity index (χ1) is 4.46. The molecule has 2 atom stereocenters. The van der Waals surface area contributed by atoms with E-state index in [0.717, 1.165) is 0 Å². The van der Waals surface area contributed by atoms with Crippen molar-refractivity contribution >= 4 is 20.4 Å². The maximum Gasteiger partial charge on any atom is 1.00 e. The molecule has 0 saturated heterocycles. The van der Waals surface area contributed by atoms with Gasteiger partial charge in [0.15, 0.2) is 12.2 Å². The van der Waals surface area contributed by atoms with Crippen molar-refractivity contribution in [2.45, 2.75) is 12.2 Å². The van der Waals surface area contributed by atoms with E-state index in [-0.39, 0.29) is 61.2 Å². The summed E-state index contributed by atoms with van der Waals surface area (Å²) in [6.45, 7) is 0. The van der Waals surface area contributed by atoms with Gasteiger partial charge in [-0.3, -0.25) is 0 Å². The van der Waals surface area contributed by atoms with Crippen LogP contribution in [0.25, 0.3) is 0 Å². The van der Waals surface area contributed by atoms with Gasteiger partial charge in [0.05, 0.1) is 0 Å². The van der Waals surface area contributed by atoms with Crippen LogP contribution in [0.2, 0.25) is 0 Å². The summed E-state index contributed by atoms with van der Waals surface area (Å²) >= 11 is 0. The van der Waals surface area contributed by atoms with Gasteiger partial charge in [-0.15, -0.1) is 0 Å². The van der Waals surface area contributed by atoms with Crippen LogP contribution in [0.5, 0.6) is 0 Å². The number of carboxylic acids is 2. The Morgan fingerprint density at radius 2 is 1.17 bits per heavy atom. The van der Waals surface area contributed by atoms with Crippen LogP contribution in [0.3, 0.4) is 0 Å². The predicted octanol–water partition coefficient (Wildman–Crippen LogP) is -5.39. The largest absolute Gasteiger partial charge is 1.00 e. The minimum absolute atomic E-state index is 0. The molecule has 0 aliphatic heterocycles. The van der Waals surface area contributed by atoms with Gasteiger partial charge in [-0.1, -0.05) is 0 Å². The van der Waals surface area contributed by atoms with Gasteiger partial charge in [-0.25, -0.2) is 9.59 Å². The van der Waals surface area contributed by atoms with Gasteiger partial charge in [-0.2, -0.15) is 0 Å². The van der Waals surface area contributed by atoms with E-state index in [1.807, 2.05) is 0 Å². The van der Waals surface area contributed by atoms with Crippen molar-refractivity contribution in [1.82, 2.24) is 0 Å². The first-order valence-electron chi connectivity index (χ1n) is 2.28. The van der Waals surface area contributed by atoms with Gasteiger partial charge in [0.25, 0.3) is 0 Å². The molecular weight excluding hydrogens is 194 g/mol. The van der Waals surface area contributed by atoms with Crippen LogP contribution in [-0.4, -0.2) is 53.0 Å². The van der Waals surface area contributed by atoms with E-state index < -0.39 is 24.1 Å². The smallest absolute Gasteiger partial charge is 1.00 e. The Kier molecular flexibility index (Phi) is 12.5.